The van der Waals surface area contributed by atoms with Gasteiger partial charge in [-0.1, -0.05) is 4.40 Å². The van der Waals surface area contributed by atoms with Crippen LogP contribution >= 0.6 is 10.7 Å². The molecule has 0 atom stereocenters. The van der Waals surface area contributed by atoms with Crippen LogP contribution in [-0.2, 0) is 14.0 Å². The van der Waals surface area contributed by atoms with E-state index in [0.717, 1.165) is 6.08 Å². The molecule has 0 aliphatic rings. The molecule has 0 bridgehead atoms. The average Bonchev–Trinajstić information content (AvgIpc) is 1.58. The first-order chi connectivity index (χ1) is 4.79. The van der Waals surface area contributed by atoms with Crippen molar-refractivity contribution in [3.8, 4) is 0 Å². The van der Waals surface area contributed by atoms with Crippen molar-refractivity contribution in [3.63, 3.8) is 0 Å². The lowest BCUT2D eigenvalue weighted by Crippen LogP contribution is -2.03. The summed E-state index contributed by atoms with van der Waals surface area (Å²) in [6.45, 7) is 0. The summed E-state index contributed by atoms with van der Waals surface area (Å²) in [5.74, 6) is 0. The lowest BCUT2D eigenvalue weighted by molar-refractivity contribution is 0.205. The normalized spacial score (nSPS) is 8.45. The molecule has 0 aliphatic carbocycles. The zero-order chi connectivity index (χ0) is 9.49. The Labute approximate surface area is 66.0 Å². The quantitative estimate of drug-likeness (QED) is 0.334. The molecule has 7 nitrogen and oxygen atoms in total. The SMILES string of the molecule is NC(=O)O.O=C=NS(=O)(=O)Cl. The van der Waals surface area contributed by atoms with Gasteiger partial charge in [0.25, 0.3) is 6.08 Å². The van der Waals surface area contributed by atoms with Crippen LogP contribution in [0.1, 0.15) is 0 Å². The minimum atomic E-state index is -4.00. The third-order valence-corrected chi connectivity index (χ3v) is 0.646. The van der Waals surface area contributed by atoms with Gasteiger partial charge in [0, 0.05) is 10.7 Å². The number of halogens is 1. The van der Waals surface area contributed by atoms with Crippen molar-refractivity contribution in [2.24, 2.45) is 10.1 Å². The van der Waals surface area contributed by atoms with E-state index in [1.807, 2.05) is 0 Å². The zero-order valence-electron chi connectivity index (χ0n) is 4.89. The van der Waals surface area contributed by atoms with Gasteiger partial charge in [0.1, 0.15) is 0 Å². The molecule has 0 aromatic carbocycles. The van der Waals surface area contributed by atoms with E-state index >= 15 is 0 Å². The van der Waals surface area contributed by atoms with Crippen LogP contribution in [-0.4, -0.2) is 25.7 Å². The minimum Gasteiger partial charge on any atom is -0.465 e. The van der Waals surface area contributed by atoms with Gasteiger partial charge >= 0.3 is 15.3 Å². The van der Waals surface area contributed by atoms with Crippen LogP contribution in [0.25, 0.3) is 0 Å². The summed E-state index contributed by atoms with van der Waals surface area (Å²) in [6, 6.07) is 0. The predicted molar refractivity (Wildman–Crippen MR) is 35.1 cm³/mol. The fourth-order valence-electron chi connectivity index (χ4n) is 0.0445. The van der Waals surface area contributed by atoms with E-state index in [1.54, 1.807) is 0 Å². The highest BCUT2D eigenvalue weighted by Crippen LogP contribution is 1.93. The van der Waals surface area contributed by atoms with Crippen molar-refractivity contribution >= 4 is 32.1 Å². The Kier molecular flexibility index (Phi) is 6.46. The maximum absolute atomic E-state index is 9.57. The van der Waals surface area contributed by atoms with E-state index in [-0.39, 0.29) is 0 Å². The van der Waals surface area contributed by atoms with E-state index in [9.17, 15) is 8.42 Å². The number of hydrogen-bond donors (Lipinski definition) is 2. The summed E-state index contributed by atoms with van der Waals surface area (Å²) < 4.78 is 21.3. The van der Waals surface area contributed by atoms with Crippen molar-refractivity contribution in [1.82, 2.24) is 0 Å². The van der Waals surface area contributed by atoms with Crippen LogP contribution < -0.4 is 5.73 Å². The van der Waals surface area contributed by atoms with Gasteiger partial charge in [0.05, 0.1) is 0 Å². The van der Waals surface area contributed by atoms with E-state index in [2.05, 4.69) is 20.8 Å². The number of carbonyl (C=O) groups is 1. The monoisotopic (exact) mass is 202 g/mol. The van der Waals surface area contributed by atoms with E-state index in [1.165, 1.54) is 0 Å². The summed E-state index contributed by atoms with van der Waals surface area (Å²) in [5, 5.41) is 7.19. The standard InChI is InChI=1S/CClNO3S.CH3NO2/c2-7(5,6)3-1-4;2-1(3)4/h;2H2,(H,3,4). The first-order valence-electron chi connectivity index (χ1n) is 1.81. The summed E-state index contributed by atoms with van der Waals surface area (Å²) >= 11 is 0. The minimum absolute atomic E-state index is 0.763. The number of isocyanates is 1. The van der Waals surface area contributed by atoms with Crippen molar-refractivity contribution < 1.29 is 23.1 Å². The summed E-state index contributed by atoms with van der Waals surface area (Å²) in [4.78, 5) is 17.8. The number of nitrogens with two attached hydrogens (primary N) is 1. The molecular weight excluding hydrogens is 200 g/mol. The Hall–Kier alpha value is -1.11. The van der Waals surface area contributed by atoms with Gasteiger partial charge in [-0.3, -0.25) is 0 Å². The van der Waals surface area contributed by atoms with Crippen LogP contribution in [0.3, 0.4) is 0 Å². The molecule has 0 spiro atoms. The first-order valence-corrected chi connectivity index (χ1v) is 4.08. The Balaban J connectivity index is 0. The lowest BCUT2D eigenvalue weighted by Gasteiger charge is -1.67. The van der Waals surface area contributed by atoms with Gasteiger partial charge in [-0.15, -0.1) is 0 Å². The van der Waals surface area contributed by atoms with Crippen molar-refractivity contribution in [2.75, 3.05) is 0 Å². The topological polar surface area (TPSA) is 127 Å². The maximum Gasteiger partial charge on any atom is 0.402 e. The first kappa shape index (κ1) is 12.6. The number of hydrogen-bond acceptors (Lipinski definition) is 4. The lowest BCUT2D eigenvalue weighted by atomic mass is 11.3. The number of primary amides is 1. The Bertz CT molecular complexity index is 260. The van der Waals surface area contributed by atoms with Gasteiger partial charge in [-0.05, 0) is 0 Å². The van der Waals surface area contributed by atoms with Gasteiger partial charge in [0.15, 0.2) is 0 Å². The average molecular weight is 203 g/mol. The molecule has 3 N–H and O–H groups in total. The van der Waals surface area contributed by atoms with Crippen LogP contribution in [0, 0.1) is 0 Å². The number of nitrogens with zero attached hydrogens (tertiary/aromatic N) is 1. The summed E-state index contributed by atoms with van der Waals surface area (Å²) in [7, 11) is 0.376. The molecule has 0 rings (SSSR count). The predicted octanol–water partition coefficient (Wildman–Crippen LogP) is -0.571. The second kappa shape index (κ2) is 5.66. The van der Waals surface area contributed by atoms with Crippen LogP contribution in [0.15, 0.2) is 4.40 Å². The Morgan fingerprint density at radius 1 is 1.64 bits per heavy atom. The molecule has 64 valence electrons. The van der Waals surface area contributed by atoms with Gasteiger partial charge in [-0.25, -0.2) is 9.59 Å². The molecule has 1 amide bonds. The van der Waals surface area contributed by atoms with E-state index in [0.29, 0.717) is 0 Å². The second-order valence-corrected chi connectivity index (χ2v) is 3.11. The molecule has 0 aliphatic heterocycles. The molecule has 0 aromatic heterocycles. The summed E-state index contributed by atoms with van der Waals surface area (Å²) in [6.07, 6.45) is -0.571. The molecule has 0 unspecified atom stereocenters. The number of carbonyl (C=O) groups excluding carboxylic acids is 1. The molecular formula is C2H3ClN2O5S. The Morgan fingerprint density at radius 3 is 1.91 bits per heavy atom. The fourth-order valence-corrected chi connectivity index (χ4v) is 0.218. The van der Waals surface area contributed by atoms with Crippen molar-refractivity contribution in [2.45, 2.75) is 0 Å². The van der Waals surface area contributed by atoms with Crippen molar-refractivity contribution in [1.29, 1.82) is 0 Å². The number of rotatable bonds is 1. The zero-order valence-corrected chi connectivity index (χ0v) is 6.46. The van der Waals surface area contributed by atoms with Crippen LogP contribution in [0.5, 0.6) is 0 Å². The van der Waals surface area contributed by atoms with Crippen molar-refractivity contribution in [3.05, 3.63) is 0 Å². The summed E-state index contributed by atoms with van der Waals surface area (Å²) in [5.41, 5.74) is 4.03. The van der Waals surface area contributed by atoms with Crippen LogP contribution in [0.2, 0.25) is 0 Å². The largest absolute Gasteiger partial charge is 0.465 e. The van der Waals surface area contributed by atoms with Gasteiger partial charge in [-0.2, -0.15) is 8.42 Å². The Morgan fingerprint density at radius 2 is 1.91 bits per heavy atom. The molecule has 9 heteroatoms. The molecule has 11 heavy (non-hydrogen) atoms. The highest BCUT2D eigenvalue weighted by molar-refractivity contribution is 8.12. The maximum atomic E-state index is 9.57. The number of carboxylic acid groups (broad SMARTS) is 1. The molecule has 0 heterocycles. The van der Waals surface area contributed by atoms with E-state index < -0.39 is 15.3 Å². The highest BCUT2D eigenvalue weighted by atomic mass is 35.7. The van der Waals surface area contributed by atoms with E-state index in [4.69, 9.17) is 14.7 Å². The smallest absolute Gasteiger partial charge is 0.402 e. The third-order valence-electron chi connectivity index (χ3n) is 0.146. The molecule has 0 fully saturated rings. The molecule has 0 aromatic rings. The van der Waals surface area contributed by atoms with Gasteiger partial charge in [0.2, 0.25) is 0 Å². The molecule has 0 saturated carbocycles. The molecule has 0 saturated heterocycles. The van der Waals surface area contributed by atoms with Gasteiger partial charge < -0.3 is 10.8 Å². The van der Waals surface area contributed by atoms with Crippen LogP contribution in [0.4, 0.5) is 4.79 Å². The third kappa shape index (κ3) is 50.5. The fraction of sp³-hybridized carbons (Fsp3) is 0. The second-order valence-electron chi connectivity index (χ2n) is 0.933. The molecule has 0 radical (unpaired) electrons. The number of amides is 1. The highest BCUT2D eigenvalue weighted by Gasteiger charge is 1.95.